The summed E-state index contributed by atoms with van der Waals surface area (Å²) in [5.41, 5.74) is 0. The van der Waals surface area contributed by atoms with Crippen molar-refractivity contribution >= 4 is 7.82 Å². The molecule has 10 heavy (non-hydrogen) atoms. The van der Waals surface area contributed by atoms with Crippen LogP contribution in [0, 0.1) is 0 Å². The van der Waals surface area contributed by atoms with Gasteiger partial charge in [-0.15, -0.1) is 6.58 Å². The van der Waals surface area contributed by atoms with Gasteiger partial charge < -0.3 is 13.9 Å². The number of phosphoric ester groups is 1. The molecule has 0 aromatic heterocycles. The van der Waals surface area contributed by atoms with Gasteiger partial charge in [-0.3, -0.25) is 4.57 Å². The normalized spacial score (nSPS) is 16.2. The van der Waals surface area contributed by atoms with Gasteiger partial charge >= 0.3 is 0 Å². The van der Waals surface area contributed by atoms with Gasteiger partial charge in [0, 0.05) is 0 Å². The lowest BCUT2D eigenvalue weighted by Gasteiger charge is -2.20. The summed E-state index contributed by atoms with van der Waals surface area (Å²) in [4.78, 5) is 10.5. The van der Waals surface area contributed by atoms with Gasteiger partial charge in [0.05, 0.1) is 13.2 Å². The van der Waals surface area contributed by atoms with E-state index in [0.717, 1.165) is 0 Å². The maximum atomic E-state index is 10.5. The standard InChI is InChI=1S/C5H11O4P/c1-3-5-9-10(6,7)8-4-2/h3H,1,4-5H2,2H3,(H,6,7)/p-1. The number of hydrogen-bond donors (Lipinski definition) is 0. The highest BCUT2D eigenvalue weighted by Gasteiger charge is 2.04. The van der Waals surface area contributed by atoms with Crippen LogP contribution in [0.5, 0.6) is 0 Å². The molecule has 0 fully saturated rings. The highest BCUT2D eigenvalue weighted by molar-refractivity contribution is 7.45. The molecule has 5 heteroatoms. The first-order chi connectivity index (χ1) is 4.62. The second-order valence-corrected chi connectivity index (χ2v) is 2.86. The van der Waals surface area contributed by atoms with Crippen molar-refractivity contribution in [2.75, 3.05) is 13.2 Å². The second kappa shape index (κ2) is 4.63. The Kier molecular flexibility index (Phi) is 4.56. The summed E-state index contributed by atoms with van der Waals surface area (Å²) in [5.74, 6) is 0. The molecule has 0 aliphatic rings. The third kappa shape index (κ3) is 4.70. The number of phosphoric acid groups is 1. The molecule has 0 aliphatic heterocycles. The molecule has 1 atom stereocenters. The lowest BCUT2D eigenvalue weighted by atomic mass is 10.7. The van der Waals surface area contributed by atoms with Crippen LogP contribution in [0.3, 0.4) is 0 Å². The van der Waals surface area contributed by atoms with Crippen LogP contribution in [0.1, 0.15) is 6.92 Å². The average Bonchev–Trinajstić information content (AvgIpc) is 1.84. The molecular formula is C5H10O4P-. The Balaban J connectivity index is 3.63. The van der Waals surface area contributed by atoms with E-state index in [9.17, 15) is 9.46 Å². The van der Waals surface area contributed by atoms with Crippen LogP contribution in [-0.2, 0) is 13.6 Å². The third-order valence-electron chi connectivity index (χ3n) is 0.638. The number of hydrogen-bond acceptors (Lipinski definition) is 4. The average molecular weight is 165 g/mol. The molecule has 0 rings (SSSR count). The van der Waals surface area contributed by atoms with Crippen LogP contribution < -0.4 is 4.89 Å². The Hall–Kier alpha value is -0.150. The summed E-state index contributed by atoms with van der Waals surface area (Å²) in [6, 6.07) is 0. The zero-order valence-corrected chi connectivity index (χ0v) is 6.67. The smallest absolute Gasteiger partial charge is 0.268 e. The Morgan fingerprint density at radius 3 is 2.70 bits per heavy atom. The highest BCUT2D eigenvalue weighted by Crippen LogP contribution is 2.37. The van der Waals surface area contributed by atoms with E-state index in [1.165, 1.54) is 6.08 Å². The summed E-state index contributed by atoms with van der Waals surface area (Å²) < 4.78 is 19.1. The first-order valence-corrected chi connectivity index (χ1v) is 4.29. The molecule has 0 saturated carbocycles. The maximum Gasteiger partial charge on any atom is 0.268 e. The summed E-state index contributed by atoms with van der Waals surface area (Å²) >= 11 is 0. The van der Waals surface area contributed by atoms with Crippen LogP contribution in [0.4, 0.5) is 0 Å². The monoisotopic (exact) mass is 165 g/mol. The summed E-state index contributed by atoms with van der Waals surface area (Å²) in [6.07, 6.45) is 1.34. The fraction of sp³-hybridized carbons (Fsp3) is 0.600. The Labute approximate surface area is 60.1 Å². The van der Waals surface area contributed by atoms with Crippen molar-refractivity contribution < 1.29 is 18.5 Å². The van der Waals surface area contributed by atoms with Crippen molar-refractivity contribution in [3.8, 4) is 0 Å². The maximum absolute atomic E-state index is 10.5. The minimum Gasteiger partial charge on any atom is -0.756 e. The van der Waals surface area contributed by atoms with Crippen molar-refractivity contribution in [2.45, 2.75) is 6.92 Å². The van der Waals surface area contributed by atoms with Gasteiger partial charge in [0.15, 0.2) is 0 Å². The van der Waals surface area contributed by atoms with Crippen molar-refractivity contribution in [1.82, 2.24) is 0 Å². The fourth-order valence-corrected chi connectivity index (χ4v) is 1.02. The molecule has 1 unspecified atom stereocenters. The zero-order chi connectivity index (χ0) is 8.04. The topological polar surface area (TPSA) is 58.6 Å². The SMILES string of the molecule is C=CCOP(=O)([O-])OCC. The Morgan fingerprint density at radius 2 is 2.30 bits per heavy atom. The molecule has 0 saturated heterocycles. The largest absolute Gasteiger partial charge is 0.756 e. The summed E-state index contributed by atoms with van der Waals surface area (Å²) in [5, 5.41) is 0. The molecule has 0 aliphatic carbocycles. The van der Waals surface area contributed by atoms with Crippen molar-refractivity contribution in [2.24, 2.45) is 0 Å². The molecular weight excluding hydrogens is 155 g/mol. The van der Waals surface area contributed by atoms with Crippen molar-refractivity contribution in [3.05, 3.63) is 12.7 Å². The van der Waals surface area contributed by atoms with Crippen LogP contribution >= 0.6 is 7.82 Å². The summed E-state index contributed by atoms with van der Waals surface area (Å²) in [6.45, 7) is 4.91. The van der Waals surface area contributed by atoms with E-state index in [4.69, 9.17) is 0 Å². The molecule has 60 valence electrons. The van der Waals surface area contributed by atoms with Gasteiger partial charge in [-0.25, -0.2) is 0 Å². The third-order valence-corrected chi connectivity index (χ3v) is 1.68. The highest BCUT2D eigenvalue weighted by atomic mass is 31.2. The molecule has 0 amide bonds. The van der Waals surface area contributed by atoms with E-state index in [1.54, 1.807) is 6.92 Å². The quantitative estimate of drug-likeness (QED) is 0.444. The minimum absolute atomic E-state index is 0.0409. The molecule has 0 aromatic carbocycles. The Bertz CT molecular complexity index is 145. The molecule has 0 N–H and O–H groups in total. The zero-order valence-electron chi connectivity index (χ0n) is 5.78. The van der Waals surface area contributed by atoms with Gasteiger partial charge in [-0.1, -0.05) is 6.08 Å². The fourth-order valence-electron chi connectivity index (χ4n) is 0.339. The van der Waals surface area contributed by atoms with Gasteiger partial charge in [-0.2, -0.15) is 0 Å². The minimum atomic E-state index is -4.03. The predicted octanol–water partition coefficient (Wildman–Crippen LogP) is 0.694. The van der Waals surface area contributed by atoms with Crippen LogP contribution in [0.15, 0.2) is 12.7 Å². The number of rotatable bonds is 5. The van der Waals surface area contributed by atoms with Crippen LogP contribution in [0.2, 0.25) is 0 Å². The van der Waals surface area contributed by atoms with Crippen LogP contribution in [0.25, 0.3) is 0 Å². The first kappa shape index (κ1) is 9.85. The first-order valence-electron chi connectivity index (χ1n) is 2.83. The van der Waals surface area contributed by atoms with E-state index in [0.29, 0.717) is 0 Å². The van der Waals surface area contributed by atoms with E-state index in [1.807, 2.05) is 0 Å². The Morgan fingerprint density at radius 1 is 1.70 bits per heavy atom. The predicted molar refractivity (Wildman–Crippen MR) is 35.4 cm³/mol. The van der Waals surface area contributed by atoms with E-state index in [-0.39, 0.29) is 13.2 Å². The van der Waals surface area contributed by atoms with Gasteiger partial charge in [0.2, 0.25) is 0 Å². The van der Waals surface area contributed by atoms with Gasteiger partial charge in [0.1, 0.15) is 0 Å². The molecule has 0 radical (unpaired) electrons. The van der Waals surface area contributed by atoms with Crippen LogP contribution in [-0.4, -0.2) is 13.2 Å². The lowest BCUT2D eigenvalue weighted by molar-refractivity contribution is -0.224. The van der Waals surface area contributed by atoms with Gasteiger partial charge in [0.25, 0.3) is 7.82 Å². The summed E-state index contributed by atoms with van der Waals surface area (Å²) in [7, 11) is -4.03. The van der Waals surface area contributed by atoms with Crippen molar-refractivity contribution in [3.63, 3.8) is 0 Å². The molecule has 0 spiro atoms. The van der Waals surface area contributed by atoms with E-state index in [2.05, 4.69) is 15.6 Å². The molecule has 0 aromatic rings. The molecule has 4 nitrogen and oxygen atoms in total. The second-order valence-electron chi connectivity index (χ2n) is 1.45. The molecule has 0 bridgehead atoms. The molecule has 0 heterocycles. The van der Waals surface area contributed by atoms with E-state index >= 15 is 0 Å². The van der Waals surface area contributed by atoms with E-state index < -0.39 is 7.82 Å². The van der Waals surface area contributed by atoms with Crippen molar-refractivity contribution in [1.29, 1.82) is 0 Å². The lowest BCUT2D eigenvalue weighted by Crippen LogP contribution is -2.07. The van der Waals surface area contributed by atoms with Gasteiger partial charge in [-0.05, 0) is 6.92 Å².